The first-order chi connectivity index (χ1) is 8.82. The highest BCUT2D eigenvalue weighted by molar-refractivity contribution is 14.1. The Bertz CT molecular complexity index is 369. The first-order valence-electron chi connectivity index (χ1n) is 7.45. The van der Waals surface area contributed by atoms with E-state index >= 15 is 0 Å². The molecule has 108 valence electrons. The molecule has 3 unspecified atom stereocenters. The average Bonchev–Trinajstić information content (AvgIpc) is 2.52. The van der Waals surface area contributed by atoms with E-state index in [4.69, 9.17) is 0 Å². The molecule has 19 heavy (non-hydrogen) atoms. The predicted octanol–water partition coefficient (Wildman–Crippen LogP) is 6.54. The number of hydrogen-bond acceptors (Lipinski definition) is 0. The van der Waals surface area contributed by atoms with Crippen molar-refractivity contribution in [3.63, 3.8) is 0 Å². The fraction of sp³-hybridized carbons (Fsp3) is 0.667. The van der Waals surface area contributed by atoms with Crippen molar-refractivity contribution in [2.75, 3.05) is 0 Å². The van der Waals surface area contributed by atoms with E-state index in [1.807, 2.05) is 6.08 Å². The summed E-state index contributed by atoms with van der Waals surface area (Å²) < 4.78 is 1.44. The molecule has 0 aromatic heterocycles. The van der Waals surface area contributed by atoms with E-state index < -0.39 is 0 Å². The molecule has 1 heteroatoms. The lowest BCUT2D eigenvalue weighted by atomic mass is 9.72. The smallest absolute Gasteiger partial charge is 0.0141 e. The van der Waals surface area contributed by atoms with E-state index in [-0.39, 0.29) is 0 Å². The van der Waals surface area contributed by atoms with Crippen LogP contribution in [0.5, 0.6) is 0 Å². The van der Waals surface area contributed by atoms with Crippen molar-refractivity contribution in [2.24, 2.45) is 23.2 Å². The highest BCUT2D eigenvalue weighted by Crippen LogP contribution is 2.54. The Hall–Kier alpha value is -0.0500. The lowest BCUT2D eigenvalue weighted by Gasteiger charge is -2.33. The number of hydrogen-bond donors (Lipinski definition) is 0. The van der Waals surface area contributed by atoms with Crippen molar-refractivity contribution in [1.82, 2.24) is 0 Å². The summed E-state index contributed by atoms with van der Waals surface area (Å²) in [6, 6.07) is 0. The predicted molar refractivity (Wildman–Crippen MR) is 95.5 cm³/mol. The molecule has 0 aromatic carbocycles. The van der Waals surface area contributed by atoms with Gasteiger partial charge in [0.2, 0.25) is 0 Å². The van der Waals surface area contributed by atoms with Crippen LogP contribution in [0.1, 0.15) is 53.9 Å². The summed E-state index contributed by atoms with van der Waals surface area (Å²) in [5, 5.41) is 0. The standard InChI is InChI=1S/C18H29I/c1-7-9-13(3)10-16-12-15(8-2)17(11-14(4)19)18(16,5)6/h7,9,11,15-17H,1,8,10,12H2,2-6H3/b13-9-,14-11+. The summed E-state index contributed by atoms with van der Waals surface area (Å²) in [4.78, 5) is 0. The van der Waals surface area contributed by atoms with Gasteiger partial charge in [0.1, 0.15) is 0 Å². The maximum atomic E-state index is 3.81. The normalized spacial score (nSPS) is 31.6. The van der Waals surface area contributed by atoms with Gasteiger partial charge in [-0.2, -0.15) is 0 Å². The topological polar surface area (TPSA) is 0 Å². The SMILES string of the molecule is C=C/C=C(/C)CC1CC(CC)C(/C=C(\C)I)C1(C)C. The molecule has 0 aromatic rings. The maximum absolute atomic E-state index is 3.81. The zero-order valence-electron chi connectivity index (χ0n) is 13.2. The fourth-order valence-electron chi connectivity index (χ4n) is 3.72. The highest BCUT2D eigenvalue weighted by Gasteiger charge is 2.46. The third-order valence-corrected chi connectivity index (χ3v) is 5.27. The van der Waals surface area contributed by atoms with Gasteiger partial charge in [0.15, 0.2) is 0 Å². The molecule has 0 spiro atoms. The summed E-state index contributed by atoms with van der Waals surface area (Å²) in [7, 11) is 0. The Labute approximate surface area is 133 Å². The van der Waals surface area contributed by atoms with Crippen LogP contribution in [0, 0.1) is 23.2 Å². The molecule has 0 aliphatic heterocycles. The monoisotopic (exact) mass is 372 g/mol. The van der Waals surface area contributed by atoms with Crippen LogP contribution >= 0.6 is 22.6 Å². The van der Waals surface area contributed by atoms with Crippen LogP contribution in [0.15, 0.2) is 34.0 Å². The zero-order chi connectivity index (χ0) is 14.6. The van der Waals surface area contributed by atoms with Crippen molar-refractivity contribution in [3.8, 4) is 0 Å². The summed E-state index contributed by atoms with van der Waals surface area (Å²) in [6.07, 6.45) is 10.5. The van der Waals surface area contributed by atoms with Gasteiger partial charge in [0, 0.05) is 0 Å². The summed E-state index contributed by atoms with van der Waals surface area (Å²) in [5.74, 6) is 2.38. The molecule has 0 amide bonds. The number of rotatable bonds is 5. The quantitative estimate of drug-likeness (QED) is 0.380. The second-order valence-corrected chi connectivity index (χ2v) is 8.36. The minimum Gasteiger partial charge on any atom is -0.0991 e. The Morgan fingerprint density at radius 3 is 2.47 bits per heavy atom. The first kappa shape index (κ1) is 17.0. The Morgan fingerprint density at radius 1 is 1.37 bits per heavy atom. The van der Waals surface area contributed by atoms with E-state index in [2.05, 4.69) is 75.9 Å². The number of halogens is 1. The molecule has 1 aliphatic carbocycles. The van der Waals surface area contributed by atoms with Crippen LogP contribution in [-0.4, -0.2) is 0 Å². The molecule has 1 aliphatic rings. The van der Waals surface area contributed by atoms with Crippen LogP contribution in [0.3, 0.4) is 0 Å². The molecule has 0 N–H and O–H groups in total. The molecular formula is C18H29I. The van der Waals surface area contributed by atoms with Gasteiger partial charge in [-0.3, -0.25) is 0 Å². The zero-order valence-corrected chi connectivity index (χ0v) is 15.3. The van der Waals surface area contributed by atoms with Gasteiger partial charge in [0.25, 0.3) is 0 Å². The van der Waals surface area contributed by atoms with Gasteiger partial charge >= 0.3 is 0 Å². The second-order valence-electron chi connectivity index (χ2n) is 6.65. The van der Waals surface area contributed by atoms with E-state index in [0.29, 0.717) is 5.41 Å². The lowest BCUT2D eigenvalue weighted by molar-refractivity contribution is 0.203. The first-order valence-corrected chi connectivity index (χ1v) is 8.52. The van der Waals surface area contributed by atoms with E-state index in [9.17, 15) is 0 Å². The molecule has 0 radical (unpaired) electrons. The van der Waals surface area contributed by atoms with Crippen LogP contribution in [-0.2, 0) is 0 Å². The van der Waals surface area contributed by atoms with E-state index in [1.54, 1.807) is 0 Å². The van der Waals surface area contributed by atoms with Crippen LogP contribution in [0.4, 0.5) is 0 Å². The molecular weight excluding hydrogens is 343 g/mol. The van der Waals surface area contributed by atoms with Gasteiger partial charge in [-0.05, 0) is 76.0 Å². The molecule has 1 saturated carbocycles. The summed E-state index contributed by atoms with van der Waals surface area (Å²) >= 11 is 2.46. The highest BCUT2D eigenvalue weighted by atomic mass is 127. The Kier molecular flexibility index (Phi) is 6.35. The molecule has 0 nitrogen and oxygen atoms in total. The maximum Gasteiger partial charge on any atom is -0.0141 e. The van der Waals surface area contributed by atoms with Crippen LogP contribution in [0.2, 0.25) is 0 Å². The van der Waals surface area contributed by atoms with Gasteiger partial charge < -0.3 is 0 Å². The lowest BCUT2D eigenvalue weighted by Crippen LogP contribution is -2.26. The third kappa shape index (κ3) is 4.21. The van der Waals surface area contributed by atoms with Crippen LogP contribution in [0.25, 0.3) is 0 Å². The van der Waals surface area contributed by atoms with Crippen LogP contribution < -0.4 is 0 Å². The van der Waals surface area contributed by atoms with E-state index in [1.165, 1.54) is 28.4 Å². The molecule has 0 saturated heterocycles. The molecule has 0 heterocycles. The van der Waals surface area contributed by atoms with Gasteiger partial charge in [-0.25, -0.2) is 0 Å². The van der Waals surface area contributed by atoms with Crippen molar-refractivity contribution in [3.05, 3.63) is 34.0 Å². The van der Waals surface area contributed by atoms with Gasteiger partial charge in [-0.1, -0.05) is 57.6 Å². The van der Waals surface area contributed by atoms with Gasteiger partial charge in [-0.15, -0.1) is 0 Å². The van der Waals surface area contributed by atoms with E-state index in [0.717, 1.165) is 17.8 Å². The second kappa shape index (κ2) is 7.10. The van der Waals surface area contributed by atoms with Crippen molar-refractivity contribution in [2.45, 2.75) is 53.9 Å². The van der Waals surface area contributed by atoms with Crippen molar-refractivity contribution < 1.29 is 0 Å². The molecule has 1 rings (SSSR count). The molecule has 3 atom stereocenters. The summed E-state index contributed by atoms with van der Waals surface area (Å²) in [5.41, 5.74) is 1.88. The molecule has 1 fully saturated rings. The minimum atomic E-state index is 0.406. The van der Waals surface area contributed by atoms with Crippen molar-refractivity contribution in [1.29, 1.82) is 0 Å². The number of allylic oxidation sites excluding steroid dienone is 5. The Balaban J connectivity index is 2.95. The Morgan fingerprint density at radius 2 is 2.00 bits per heavy atom. The summed E-state index contributed by atoms with van der Waals surface area (Å²) in [6.45, 7) is 15.6. The largest absolute Gasteiger partial charge is 0.0991 e. The third-order valence-electron chi connectivity index (χ3n) is 4.91. The van der Waals surface area contributed by atoms with Gasteiger partial charge in [0.05, 0.1) is 0 Å². The van der Waals surface area contributed by atoms with Crippen molar-refractivity contribution >= 4 is 22.6 Å². The fourth-order valence-corrected chi connectivity index (χ4v) is 4.11. The molecule has 0 bridgehead atoms. The minimum absolute atomic E-state index is 0.406. The average molecular weight is 372 g/mol.